The van der Waals surface area contributed by atoms with Gasteiger partial charge in [-0.1, -0.05) is 0 Å². The number of hydrogen-bond acceptors (Lipinski definition) is 6. The van der Waals surface area contributed by atoms with Gasteiger partial charge in [0.15, 0.2) is 9.84 Å². The first kappa shape index (κ1) is 14.5. The number of nitrogens with zero attached hydrogens (tertiary/aromatic N) is 2. The molecule has 1 aromatic heterocycles. The fraction of sp³-hybridized carbons (Fsp3) is 0.545. The van der Waals surface area contributed by atoms with Crippen molar-refractivity contribution in [1.29, 1.82) is 0 Å². The van der Waals surface area contributed by atoms with Crippen LogP contribution < -0.4 is 10.5 Å². The fourth-order valence-corrected chi connectivity index (χ4v) is 3.80. The monoisotopic (exact) mass is 301 g/mol. The van der Waals surface area contributed by atoms with Crippen LogP contribution in [0, 0.1) is 6.92 Å². The zero-order valence-electron chi connectivity index (χ0n) is 10.9. The maximum Gasteiger partial charge on any atom is 0.305 e. The number of carbonyl (C=O) groups is 1. The van der Waals surface area contributed by atoms with Crippen LogP contribution in [0.3, 0.4) is 0 Å². The number of nitrogens with one attached hydrogen (secondary N) is 1. The summed E-state index contributed by atoms with van der Waals surface area (Å²) in [6.45, 7) is 1.74. The standard InChI is InChI=1S/C11H15N3O5S/c1-7-12-9(5-10(15)13-7)14-2-3-20(18,19)6-8(14)4-11(16)17/h5,8H,2-4,6H2,1H3,(H,16,17)(H,12,13,15). The van der Waals surface area contributed by atoms with Crippen molar-refractivity contribution in [3.8, 4) is 0 Å². The van der Waals surface area contributed by atoms with Crippen molar-refractivity contribution < 1.29 is 18.3 Å². The average molecular weight is 301 g/mol. The van der Waals surface area contributed by atoms with Crippen LogP contribution in [0.1, 0.15) is 12.2 Å². The predicted molar refractivity (Wildman–Crippen MR) is 71.6 cm³/mol. The van der Waals surface area contributed by atoms with Crippen LogP contribution in [-0.2, 0) is 14.6 Å². The Morgan fingerprint density at radius 3 is 2.90 bits per heavy atom. The molecule has 20 heavy (non-hydrogen) atoms. The number of aliphatic carboxylic acids is 1. The van der Waals surface area contributed by atoms with E-state index in [1.807, 2.05) is 0 Å². The molecule has 1 fully saturated rings. The van der Waals surface area contributed by atoms with E-state index in [0.717, 1.165) is 0 Å². The Morgan fingerprint density at radius 1 is 1.60 bits per heavy atom. The minimum Gasteiger partial charge on any atom is -0.481 e. The first-order valence-electron chi connectivity index (χ1n) is 6.04. The number of rotatable bonds is 3. The van der Waals surface area contributed by atoms with E-state index in [4.69, 9.17) is 5.11 Å². The van der Waals surface area contributed by atoms with Crippen molar-refractivity contribution >= 4 is 21.6 Å². The van der Waals surface area contributed by atoms with Crippen LogP contribution in [0.25, 0.3) is 0 Å². The van der Waals surface area contributed by atoms with Gasteiger partial charge < -0.3 is 15.0 Å². The number of H-pyrrole nitrogens is 1. The number of sulfone groups is 1. The lowest BCUT2D eigenvalue weighted by Crippen LogP contribution is -2.50. The number of carboxylic acid groups (broad SMARTS) is 1. The van der Waals surface area contributed by atoms with Gasteiger partial charge in [-0.25, -0.2) is 13.4 Å². The van der Waals surface area contributed by atoms with Gasteiger partial charge in [-0.2, -0.15) is 0 Å². The summed E-state index contributed by atoms with van der Waals surface area (Å²) in [6.07, 6.45) is -0.313. The second kappa shape index (κ2) is 5.23. The van der Waals surface area contributed by atoms with Crippen molar-refractivity contribution in [3.05, 3.63) is 22.2 Å². The van der Waals surface area contributed by atoms with Crippen LogP contribution in [0.2, 0.25) is 0 Å². The quantitative estimate of drug-likeness (QED) is 0.746. The summed E-state index contributed by atoms with van der Waals surface area (Å²) >= 11 is 0. The number of aromatic nitrogens is 2. The molecule has 1 aliphatic rings. The summed E-state index contributed by atoms with van der Waals surface area (Å²) in [7, 11) is -3.26. The highest BCUT2D eigenvalue weighted by atomic mass is 32.2. The molecule has 110 valence electrons. The van der Waals surface area contributed by atoms with Crippen molar-refractivity contribution in [3.63, 3.8) is 0 Å². The molecule has 1 aromatic rings. The van der Waals surface area contributed by atoms with Gasteiger partial charge in [0.2, 0.25) is 0 Å². The number of anilines is 1. The minimum atomic E-state index is -3.26. The highest BCUT2D eigenvalue weighted by Crippen LogP contribution is 2.20. The minimum absolute atomic E-state index is 0.0728. The van der Waals surface area contributed by atoms with E-state index in [1.165, 1.54) is 6.07 Å². The molecular weight excluding hydrogens is 286 g/mol. The summed E-state index contributed by atoms with van der Waals surface area (Å²) in [6, 6.07) is 0.541. The molecule has 2 heterocycles. The molecule has 9 heteroatoms. The van der Waals surface area contributed by atoms with E-state index in [9.17, 15) is 18.0 Å². The zero-order valence-corrected chi connectivity index (χ0v) is 11.7. The molecule has 0 spiro atoms. The van der Waals surface area contributed by atoms with E-state index >= 15 is 0 Å². The second-order valence-electron chi connectivity index (χ2n) is 4.75. The normalized spacial score (nSPS) is 21.6. The highest BCUT2D eigenvalue weighted by Gasteiger charge is 2.33. The molecule has 2 rings (SSSR count). The molecule has 0 radical (unpaired) electrons. The van der Waals surface area contributed by atoms with Crippen LogP contribution in [0.4, 0.5) is 5.82 Å². The zero-order chi connectivity index (χ0) is 14.9. The molecule has 1 saturated heterocycles. The lowest BCUT2D eigenvalue weighted by molar-refractivity contribution is -0.137. The third-order valence-electron chi connectivity index (χ3n) is 3.08. The third-order valence-corrected chi connectivity index (χ3v) is 4.78. The van der Waals surface area contributed by atoms with Crippen molar-refractivity contribution in [2.75, 3.05) is 23.0 Å². The Morgan fingerprint density at radius 2 is 2.30 bits per heavy atom. The van der Waals surface area contributed by atoms with Crippen molar-refractivity contribution in [2.24, 2.45) is 0 Å². The lowest BCUT2D eigenvalue weighted by Gasteiger charge is -2.35. The first-order chi connectivity index (χ1) is 9.27. The topological polar surface area (TPSA) is 120 Å². The maximum absolute atomic E-state index is 11.6. The molecule has 0 bridgehead atoms. The largest absolute Gasteiger partial charge is 0.481 e. The SMILES string of the molecule is Cc1nc(N2CCS(=O)(=O)CC2CC(=O)O)cc(=O)[nH]1. The van der Waals surface area contributed by atoms with E-state index in [1.54, 1.807) is 11.8 Å². The number of aromatic amines is 1. The van der Waals surface area contributed by atoms with E-state index in [0.29, 0.717) is 11.6 Å². The van der Waals surface area contributed by atoms with Gasteiger partial charge in [0.25, 0.3) is 5.56 Å². The van der Waals surface area contributed by atoms with Crippen LogP contribution in [-0.4, -0.2) is 53.6 Å². The summed E-state index contributed by atoms with van der Waals surface area (Å²) < 4.78 is 23.3. The van der Waals surface area contributed by atoms with Crippen LogP contribution >= 0.6 is 0 Å². The van der Waals surface area contributed by atoms with Gasteiger partial charge in [0, 0.05) is 12.6 Å². The summed E-state index contributed by atoms with van der Waals surface area (Å²) in [5.74, 6) is -0.690. The first-order valence-corrected chi connectivity index (χ1v) is 7.86. The molecule has 2 N–H and O–H groups in total. The van der Waals surface area contributed by atoms with Gasteiger partial charge in [0.05, 0.1) is 24.0 Å². The molecule has 8 nitrogen and oxygen atoms in total. The van der Waals surface area contributed by atoms with Gasteiger partial charge in [-0.15, -0.1) is 0 Å². The summed E-state index contributed by atoms with van der Waals surface area (Å²) in [5, 5.41) is 8.90. The Kier molecular flexibility index (Phi) is 3.80. The molecule has 0 aliphatic carbocycles. The Bertz CT molecular complexity index is 682. The van der Waals surface area contributed by atoms with Crippen LogP contribution in [0.15, 0.2) is 10.9 Å². The Labute approximate surface area is 115 Å². The molecule has 1 aliphatic heterocycles. The fourth-order valence-electron chi connectivity index (χ4n) is 2.27. The molecular formula is C11H15N3O5S. The van der Waals surface area contributed by atoms with Crippen molar-refractivity contribution in [2.45, 2.75) is 19.4 Å². The molecule has 0 aromatic carbocycles. The van der Waals surface area contributed by atoms with E-state index < -0.39 is 21.8 Å². The highest BCUT2D eigenvalue weighted by molar-refractivity contribution is 7.91. The smallest absolute Gasteiger partial charge is 0.305 e. The van der Waals surface area contributed by atoms with Gasteiger partial charge in [-0.3, -0.25) is 9.59 Å². The Balaban J connectivity index is 2.36. The molecule has 1 atom stereocenters. The molecule has 0 amide bonds. The van der Waals surface area contributed by atoms with Gasteiger partial charge >= 0.3 is 5.97 Å². The van der Waals surface area contributed by atoms with Gasteiger partial charge in [0.1, 0.15) is 11.6 Å². The summed E-state index contributed by atoms with van der Waals surface area (Å²) in [4.78, 5) is 30.6. The molecule has 0 saturated carbocycles. The number of aryl methyl sites for hydroxylation is 1. The maximum atomic E-state index is 11.6. The lowest BCUT2D eigenvalue weighted by atomic mass is 10.2. The van der Waals surface area contributed by atoms with Crippen molar-refractivity contribution in [1.82, 2.24) is 9.97 Å². The van der Waals surface area contributed by atoms with E-state index in [2.05, 4.69) is 9.97 Å². The second-order valence-corrected chi connectivity index (χ2v) is 6.98. The van der Waals surface area contributed by atoms with Crippen LogP contribution in [0.5, 0.6) is 0 Å². The number of carboxylic acids is 1. The van der Waals surface area contributed by atoms with E-state index in [-0.39, 0.29) is 30.0 Å². The van der Waals surface area contributed by atoms with Gasteiger partial charge in [-0.05, 0) is 6.92 Å². The number of hydrogen-bond donors (Lipinski definition) is 2. The Hall–Kier alpha value is -1.90. The average Bonchev–Trinajstić information content (AvgIpc) is 2.25. The predicted octanol–water partition coefficient (Wildman–Crippen LogP) is -0.844. The summed E-state index contributed by atoms with van der Waals surface area (Å²) in [5.41, 5.74) is -0.352. The third kappa shape index (κ3) is 3.35. The molecule has 1 unspecified atom stereocenters.